The second kappa shape index (κ2) is 16.2. The first kappa shape index (κ1) is 37.4. The van der Waals surface area contributed by atoms with E-state index in [1.807, 2.05) is 0 Å². The molecular weight excluding hydrogens is 597 g/mol. The number of carbonyl (C=O) groups excluding carboxylic acids is 1. The van der Waals surface area contributed by atoms with Crippen LogP contribution in [0.4, 0.5) is 13.2 Å². The molecule has 256 valence electrons. The predicted octanol–water partition coefficient (Wildman–Crippen LogP) is 9.23. The van der Waals surface area contributed by atoms with Crippen LogP contribution >= 0.6 is 0 Å². The highest BCUT2D eigenvalue weighted by molar-refractivity contribution is 5.84. The van der Waals surface area contributed by atoms with Gasteiger partial charge in [0, 0.05) is 36.1 Å². The summed E-state index contributed by atoms with van der Waals surface area (Å²) in [5, 5.41) is 19.6. The molecule has 2 N–H and O–H groups in total. The van der Waals surface area contributed by atoms with Gasteiger partial charge in [-0.3, -0.25) is 4.79 Å². The first-order valence-corrected chi connectivity index (χ1v) is 16.3. The number of hydrogen-bond acceptors (Lipinski definition) is 6. The summed E-state index contributed by atoms with van der Waals surface area (Å²) in [5.41, 5.74) is -0.0848. The Balaban J connectivity index is 1.56. The number of rotatable bonds is 17. The second-order valence-electron chi connectivity index (χ2n) is 14.2. The van der Waals surface area contributed by atoms with Gasteiger partial charge in [-0.2, -0.15) is 13.2 Å². The molecule has 46 heavy (non-hydrogen) atoms. The molecule has 2 atom stereocenters. The first-order valence-electron chi connectivity index (χ1n) is 16.3. The molecule has 3 aromatic rings. The van der Waals surface area contributed by atoms with Gasteiger partial charge in [-0.15, -0.1) is 0 Å². The summed E-state index contributed by atoms with van der Waals surface area (Å²) in [6.45, 7) is 13.1. The molecule has 0 amide bonds. The third kappa shape index (κ3) is 10.8. The van der Waals surface area contributed by atoms with Crippen molar-refractivity contribution >= 4 is 16.9 Å². The van der Waals surface area contributed by atoms with Crippen molar-refractivity contribution in [1.29, 1.82) is 0 Å². The fraction of sp³-hybridized carbons (Fsp3) is 0.595. The fourth-order valence-corrected chi connectivity index (χ4v) is 5.40. The Kier molecular flexibility index (Phi) is 13.2. The van der Waals surface area contributed by atoms with Gasteiger partial charge < -0.3 is 24.1 Å². The highest BCUT2D eigenvalue weighted by Gasteiger charge is 2.37. The Morgan fingerprint density at radius 1 is 0.957 bits per heavy atom. The standard InChI is InChI=1S/C37H51F3O6/c1-7-36(5,6)22-31(35(2,3)4)34(43)44-18-9-8-11-26(23-42)24-45-28-15-14-27-20-33(46-32(27)21-28)29-16-13-25(12-10-17-41)19-30(29)37(38,39)40/h13-16,19-21,26,31,41-42H,7-12,17-18,22-24H2,1-6H3. The number of furan rings is 1. The van der Waals surface area contributed by atoms with Crippen molar-refractivity contribution in [3.05, 3.63) is 53.6 Å². The molecule has 0 spiro atoms. The molecule has 2 unspecified atom stereocenters. The van der Waals surface area contributed by atoms with Gasteiger partial charge in [-0.05, 0) is 79.2 Å². The largest absolute Gasteiger partial charge is 0.493 e. The molecule has 1 heterocycles. The first-order chi connectivity index (χ1) is 21.6. The zero-order chi connectivity index (χ0) is 34.1. The van der Waals surface area contributed by atoms with E-state index in [9.17, 15) is 23.1 Å². The highest BCUT2D eigenvalue weighted by atomic mass is 19.4. The number of carbonyl (C=O) groups is 1. The second-order valence-corrected chi connectivity index (χ2v) is 14.2. The van der Waals surface area contributed by atoms with Crippen molar-refractivity contribution in [2.24, 2.45) is 22.7 Å². The van der Waals surface area contributed by atoms with E-state index in [1.54, 1.807) is 30.3 Å². The summed E-state index contributed by atoms with van der Waals surface area (Å²) in [6.07, 6.45) is 0.0298. The molecule has 0 aliphatic carbocycles. The number of halogens is 3. The van der Waals surface area contributed by atoms with Gasteiger partial charge in [0.2, 0.25) is 0 Å². The minimum absolute atomic E-state index is 0.0522. The topological polar surface area (TPSA) is 89.1 Å². The molecule has 1 aromatic heterocycles. The van der Waals surface area contributed by atoms with Crippen LogP contribution in [0.15, 0.2) is 46.9 Å². The molecule has 2 aromatic carbocycles. The third-order valence-corrected chi connectivity index (χ3v) is 8.81. The minimum Gasteiger partial charge on any atom is -0.493 e. The number of fused-ring (bicyclic) bond motifs is 1. The lowest BCUT2D eigenvalue weighted by atomic mass is 9.70. The molecule has 0 saturated heterocycles. The van der Waals surface area contributed by atoms with Crippen molar-refractivity contribution in [3.8, 4) is 17.1 Å². The Morgan fingerprint density at radius 3 is 2.33 bits per heavy atom. The van der Waals surface area contributed by atoms with Gasteiger partial charge in [-0.1, -0.05) is 60.1 Å². The fourth-order valence-electron chi connectivity index (χ4n) is 5.40. The molecule has 0 fully saturated rings. The summed E-state index contributed by atoms with van der Waals surface area (Å²) in [4.78, 5) is 12.9. The Morgan fingerprint density at radius 2 is 1.70 bits per heavy atom. The van der Waals surface area contributed by atoms with Crippen LogP contribution in [-0.4, -0.2) is 42.6 Å². The molecule has 0 aliphatic heterocycles. The number of aliphatic hydroxyl groups is 2. The summed E-state index contributed by atoms with van der Waals surface area (Å²) in [7, 11) is 0. The van der Waals surface area contributed by atoms with Crippen molar-refractivity contribution in [1.82, 2.24) is 0 Å². The third-order valence-electron chi connectivity index (χ3n) is 8.81. The summed E-state index contributed by atoms with van der Waals surface area (Å²) < 4.78 is 59.2. The Bertz CT molecular complexity index is 1400. The van der Waals surface area contributed by atoms with E-state index in [4.69, 9.17) is 19.0 Å². The minimum atomic E-state index is -4.57. The van der Waals surface area contributed by atoms with Gasteiger partial charge in [0.15, 0.2) is 0 Å². The number of ether oxygens (including phenoxy) is 2. The Hall–Kier alpha value is -3.04. The number of esters is 1. The van der Waals surface area contributed by atoms with E-state index in [0.29, 0.717) is 54.6 Å². The monoisotopic (exact) mass is 648 g/mol. The van der Waals surface area contributed by atoms with Crippen LogP contribution in [0.2, 0.25) is 0 Å². The molecule has 9 heteroatoms. The van der Waals surface area contributed by atoms with Crippen LogP contribution in [0, 0.1) is 22.7 Å². The number of alkyl halides is 3. The smallest absolute Gasteiger partial charge is 0.417 e. The number of hydrogen-bond donors (Lipinski definition) is 2. The van der Waals surface area contributed by atoms with Gasteiger partial charge >= 0.3 is 12.1 Å². The average molecular weight is 649 g/mol. The molecule has 0 saturated carbocycles. The number of aryl methyl sites for hydroxylation is 1. The normalized spacial score (nSPS) is 14.0. The predicted molar refractivity (Wildman–Crippen MR) is 175 cm³/mol. The van der Waals surface area contributed by atoms with Crippen molar-refractivity contribution in [2.45, 2.75) is 92.7 Å². The van der Waals surface area contributed by atoms with E-state index in [1.165, 1.54) is 6.07 Å². The van der Waals surface area contributed by atoms with Crippen molar-refractivity contribution < 1.29 is 42.1 Å². The van der Waals surface area contributed by atoms with Crippen LogP contribution in [-0.2, 0) is 22.1 Å². The lowest BCUT2D eigenvalue weighted by molar-refractivity contribution is -0.154. The summed E-state index contributed by atoms with van der Waals surface area (Å²) in [5.74, 6) is 0.116. The van der Waals surface area contributed by atoms with E-state index in [-0.39, 0.29) is 59.8 Å². The number of benzene rings is 2. The summed E-state index contributed by atoms with van der Waals surface area (Å²) in [6, 6.07) is 10.8. The highest BCUT2D eigenvalue weighted by Crippen LogP contribution is 2.41. The van der Waals surface area contributed by atoms with Crippen LogP contribution in [0.25, 0.3) is 22.3 Å². The van der Waals surface area contributed by atoms with E-state index >= 15 is 0 Å². The Labute approximate surface area is 271 Å². The van der Waals surface area contributed by atoms with Gasteiger partial charge in [0.25, 0.3) is 0 Å². The molecule has 6 nitrogen and oxygen atoms in total. The molecule has 0 aliphatic rings. The van der Waals surface area contributed by atoms with E-state index in [0.717, 1.165) is 25.3 Å². The average Bonchev–Trinajstić information content (AvgIpc) is 3.42. The van der Waals surface area contributed by atoms with Crippen LogP contribution in [0.1, 0.15) is 91.2 Å². The quantitative estimate of drug-likeness (QED) is 0.112. The lowest BCUT2D eigenvalue weighted by Crippen LogP contribution is -2.34. The molecule has 0 bridgehead atoms. The van der Waals surface area contributed by atoms with E-state index < -0.39 is 11.7 Å². The SMILES string of the molecule is CCC(C)(C)CC(C(=O)OCCCCC(CO)COc1ccc2cc(-c3ccc(CCCO)cc3C(F)(F)F)oc2c1)C(C)(C)C. The maximum absolute atomic E-state index is 13.9. The van der Waals surface area contributed by atoms with Gasteiger partial charge in [0.1, 0.15) is 17.1 Å². The van der Waals surface area contributed by atoms with Gasteiger partial charge in [-0.25, -0.2) is 0 Å². The molecule has 3 rings (SSSR count). The van der Waals surface area contributed by atoms with Crippen LogP contribution in [0.5, 0.6) is 5.75 Å². The lowest BCUT2D eigenvalue weighted by Gasteiger charge is -2.35. The maximum Gasteiger partial charge on any atom is 0.417 e. The molecule has 0 radical (unpaired) electrons. The maximum atomic E-state index is 13.9. The van der Waals surface area contributed by atoms with Crippen LogP contribution < -0.4 is 4.74 Å². The van der Waals surface area contributed by atoms with Crippen molar-refractivity contribution in [3.63, 3.8) is 0 Å². The molecular formula is C37H51F3O6. The number of unbranched alkanes of at least 4 members (excludes halogenated alkanes) is 1. The van der Waals surface area contributed by atoms with E-state index in [2.05, 4.69) is 41.5 Å². The van der Waals surface area contributed by atoms with Crippen molar-refractivity contribution in [2.75, 3.05) is 26.4 Å². The number of aliphatic hydroxyl groups excluding tert-OH is 2. The summed E-state index contributed by atoms with van der Waals surface area (Å²) >= 11 is 0. The zero-order valence-electron chi connectivity index (χ0n) is 28.1. The van der Waals surface area contributed by atoms with Crippen LogP contribution in [0.3, 0.4) is 0 Å². The zero-order valence-corrected chi connectivity index (χ0v) is 28.1. The van der Waals surface area contributed by atoms with Gasteiger partial charge in [0.05, 0.1) is 24.7 Å².